The van der Waals surface area contributed by atoms with Crippen LogP contribution in [0.4, 0.5) is 0 Å². The maximum absolute atomic E-state index is 9.69. The molecule has 1 aromatic rings. The first-order valence-electron chi connectivity index (χ1n) is 5.90. The topological polar surface area (TPSA) is 51.2 Å². The maximum atomic E-state index is 9.69. The smallest absolute Gasteiger partial charge is 0.187 e. The largest absolute Gasteiger partial charge is 0.388 e. The van der Waals surface area contributed by atoms with E-state index in [1.807, 2.05) is 37.3 Å². The van der Waals surface area contributed by atoms with Crippen molar-refractivity contribution in [3.8, 4) is 0 Å². The Bertz CT molecular complexity index is 378. The lowest BCUT2D eigenvalue weighted by Gasteiger charge is -2.28. The van der Waals surface area contributed by atoms with Gasteiger partial charge in [-0.1, -0.05) is 30.3 Å². The monoisotopic (exact) mass is 236 g/mol. The maximum Gasteiger partial charge on any atom is 0.187 e. The summed E-state index contributed by atoms with van der Waals surface area (Å²) < 4.78 is 16.6. The third-order valence-corrected chi connectivity index (χ3v) is 3.25. The molecule has 0 aromatic heterocycles. The van der Waals surface area contributed by atoms with E-state index in [1.54, 1.807) is 0 Å². The molecule has 4 heteroatoms. The van der Waals surface area contributed by atoms with Crippen LogP contribution in [0.1, 0.15) is 12.5 Å². The van der Waals surface area contributed by atoms with Crippen LogP contribution >= 0.6 is 0 Å². The summed E-state index contributed by atoms with van der Waals surface area (Å²) in [7, 11) is 0. The highest BCUT2D eigenvalue weighted by Gasteiger charge is 2.56. The number of rotatable bonds is 3. The van der Waals surface area contributed by atoms with Crippen LogP contribution in [-0.2, 0) is 20.8 Å². The van der Waals surface area contributed by atoms with E-state index in [-0.39, 0.29) is 24.6 Å². The number of aliphatic hydroxyl groups excluding tert-OH is 1. The number of ether oxygens (including phenoxy) is 3. The Hall–Kier alpha value is -0.940. The summed E-state index contributed by atoms with van der Waals surface area (Å²) in [5.74, 6) is 0. The quantitative estimate of drug-likeness (QED) is 0.798. The van der Waals surface area contributed by atoms with Crippen LogP contribution in [-0.4, -0.2) is 35.8 Å². The predicted octanol–water partition coefficient (Wildman–Crippen LogP) is 1.08. The van der Waals surface area contributed by atoms with E-state index in [4.69, 9.17) is 14.2 Å². The van der Waals surface area contributed by atoms with Crippen molar-refractivity contribution in [1.82, 2.24) is 0 Å². The van der Waals surface area contributed by atoms with Crippen LogP contribution in [0.15, 0.2) is 30.3 Å². The highest BCUT2D eigenvalue weighted by molar-refractivity contribution is 5.13. The van der Waals surface area contributed by atoms with Crippen LogP contribution < -0.4 is 0 Å². The van der Waals surface area contributed by atoms with Gasteiger partial charge in [0.05, 0.1) is 12.7 Å². The molecule has 0 amide bonds. The Kier molecular flexibility index (Phi) is 2.88. The van der Waals surface area contributed by atoms with E-state index in [9.17, 15) is 5.11 Å². The number of benzene rings is 1. The first-order valence-corrected chi connectivity index (χ1v) is 5.90. The van der Waals surface area contributed by atoms with E-state index in [0.29, 0.717) is 6.61 Å². The van der Waals surface area contributed by atoms with Crippen LogP contribution in [0.3, 0.4) is 0 Å². The number of aliphatic hydroxyl groups is 1. The minimum Gasteiger partial charge on any atom is -0.388 e. The molecule has 5 atom stereocenters. The Morgan fingerprint density at radius 3 is 2.71 bits per heavy atom. The van der Waals surface area contributed by atoms with Crippen LogP contribution in [0.2, 0.25) is 0 Å². The van der Waals surface area contributed by atoms with Gasteiger partial charge in [-0.15, -0.1) is 0 Å². The van der Waals surface area contributed by atoms with Gasteiger partial charge in [0.15, 0.2) is 6.29 Å². The Labute approximate surface area is 100 Å². The van der Waals surface area contributed by atoms with Gasteiger partial charge in [-0.2, -0.15) is 0 Å². The molecule has 0 radical (unpaired) electrons. The molecule has 0 bridgehead atoms. The molecule has 1 N–H and O–H groups in total. The number of fused-ring (bicyclic) bond motifs is 1. The Morgan fingerprint density at radius 1 is 1.18 bits per heavy atom. The van der Waals surface area contributed by atoms with E-state index in [1.165, 1.54) is 0 Å². The highest BCUT2D eigenvalue weighted by atomic mass is 16.7. The van der Waals surface area contributed by atoms with Gasteiger partial charge >= 0.3 is 0 Å². The van der Waals surface area contributed by atoms with Crippen molar-refractivity contribution in [1.29, 1.82) is 0 Å². The lowest BCUT2D eigenvalue weighted by atomic mass is 10.1. The molecule has 0 unspecified atom stereocenters. The third-order valence-electron chi connectivity index (χ3n) is 3.25. The molecule has 92 valence electrons. The molecular weight excluding hydrogens is 220 g/mol. The van der Waals surface area contributed by atoms with Crippen molar-refractivity contribution < 1.29 is 19.3 Å². The molecule has 0 spiro atoms. The zero-order chi connectivity index (χ0) is 11.8. The van der Waals surface area contributed by atoms with E-state index in [0.717, 1.165) is 5.56 Å². The van der Waals surface area contributed by atoms with Crippen molar-refractivity contribution in [3.05, 3.63) is 35.9 Å². The second-order valence-electron chi connectivity index (χ2n) is 4.56. The number of epoxide rings is 1. The first-order chi connectivity index (χ1) is 8.25. The van der Waals surface area contributed by atoms with Crippen LogP contribution in [0, 0.1) is 0 Å². The van der Waals surface area contributed by atoms with Gasteiger partial charge in [-0.25, -0.2) is 0 Å². The van der Waals surface area contributed by atoms with E-state index in [2.05, 4.69) is 0 Å². The zero-order valence-electron chi connectivity index (χ0n) is 9.65. The molecule has 2 aliphatic heterocycles. The molecular formula is C13H16O4. The molecule has 3 rings (SSSR count). The summed E-state index contributed by atoms with van der Waals surface area (Å²) in [5, 5.41) is 9.69. The molecule has 17 heavy (non-hydrogen) atoms. The van der Waals surface area contributed by atoms with Crippen molar-refractivity contribution in [2.75, 3.05) is 0 Å². The summed E-state index contributed by atoms with van der Waals surface area (Å²) in [5.41, 5.74) is 1.10. The fraction of sp³-hybridized carbons (Fsp3) is 0.538. The summed E-state index contributed by atoms with van der Waals surface area (Å²) in [6.07, 6.45) is -1.35. The van der Waals surface area contributed by atoms with Crippen molar-refractivity contribution in [2.24, 2.45) is 0 Å². The van der Waals surface area contributed by atoms with Gasteiger partial charge in [-0.3, -0.25) is 0 Å². The fourth-order valence-corrected chi connectivity index (χ4v) is 2.15. The molecule has 2 fully saturated rings. The molecule has 1 aromatic carbocycles. The zero-order valence-corrected chi connectivity index (χ0v) is 9.65. The van der Waals surface area contributed by atoms with Gasteiger partial charge in [0.2, 0.25) is 0 Å². The minimum atomic E-state index is -0.531. The predicted molar refractivity (Wildman–Crippen MR) is 60.2 cm³/mol. The van der Waals surface area contributed by atoms with Crippen LogP contribution in [0.5, 0.6) is 0 Å². The Balaban J connectivity index is 1.57. The lowest BCUT2D eigenvalue weighted by Crippen LogP contribution is -2.44. The number of hydrogen-bond donors (Lipinski definition) is 1. The van der Waals surface area contributed by atoms with Gasteiger partial charge in [0.25, 0.3) is 0 Å². The first kappa shape index (κ1) is 11.2. The normalized spacial score (nSPS) is 39.8. The minimum absolute atomic E-state index is 0.107. The highest BCUT2D eigenvalue weighted by Crippen LogP contribution is 2.37. The molecule has 2 aliphatic rings. The molecule has 2 saturated heterocycles. The summed E-state index contributed by atoms with van der Waals surface area (Å²) in [6, 6.07) is 9.93. The van der Waals surface area contributed by atoms with Crippen molar-refractivity contribution in [2.45, 2.75) is 44.2 Å². The Morgan fingerprint density at radius 2 is 1.94 bits per heavy atom. The van der Waals surface area contributed by atoms with E-state index < -0.39 is 6.10 Å². The fourth-order valence-electron chi connectivity index (χ4n) is 2.15. The summed E-state index contributed by atoms with van der Waals surface area (Å²) in [4.78, 5) is 0. The molecule has 0 aliphatic carbocycles. The van der Waals surface area contributed by atoms with Crippen molar-refractivity contribution >= 4 is 0 Å². The average Bonchev–Trinajstić information content (AvgIpc) is 3.14. The number of hydrogen-bond acceptors (Lipinski definition) is 4. The second-order valence-corrected chi connectivity index (χ2v) is 4.56. The molecule has 2 heterocycles. The average molecular weight is 236 g/mol. The lowest BCUT2D eigenvalue weighted by molar-refractivity contribution is -0.210. The van der Waals surface area contributed by atoms with Gasteiger partial charge in [0.1, 0.15) is 18.3 Å². The van der Waals surface area contributed by atoms with Gasteiger partial charge in [0, 0.05) is 0 Å². The van der Waals surface area contributed by atoms with Gasteiger partial charge in [-0.05, 0) is 12.5 Å². The van der Waals surface area contributed by atoms with Gasteiger partial charge < -0.3 is 19.3 Å². The standard InChI is InChI=1S/C13H16O4/c1-8-10(14)11-12(17-11)13(16-8)15-7-9-5-3-2-4-6-9/h2-6,8,10-14H,7H2,1H3/t8-,10-,11+,12+,13+/m0/s1. The van der Waals surface area contributed by atoms with Crippen molar-refractivity contribution in [3.63, 3.8) is 0 Å². The van der Waals surface area contributed by atoms with Crippen LogP contribution in [0.25, 0.3) is 0 Å². The third kappa shape index (κ3) is 2.21. The summed E-state index contributed by atoms with van der Waals surface area (Å²) in [6.45, 7) is 2.34. The SMILES string of the molecule is C[C@@H]1O[C@@H](OCc2ccccc2)[C@@H]2O[C@@H]2[C@H]1O. The molecule has 4 nitrogen and oxygen atoms in total. The second kappa shape index (κ2) is 4.38. The molecule has 0 saturated carbocycles. The van der Waals surface area contributed by atoms with E-state index >= 15 is 0 Å². The summed E-state index contributed by atoms with van der Waals surface area (Å²) >= 11 is 0.